The number of alkyl halides is 3. The van der Waals surface area contributed by atoms with Crippen molar-refractivity contribution < 1.29 is 18.1 Å². The second-order valence-corrected chi connectivity index (χ2v) is 4.14. The Kier molecular flexibility index (Phi) is 11.4. The Bertz CT molecular complexity index is 177. The van der Waals surface area contributed by atoms with E-state index in [1.165, 1.54) is 19.6 Å². The van der Waals surface area contributed by atoms with E-state index in [0.717, 1.165) is 0 Å². The molecule has 0 heterocycles. The first kappa shape index (κ1) is 18.2. The fraction of sp³-hybridized carbons (Fsp3) is 0.889. The van der Waals surface area contributed by atoms with E-state index < -0.39 is 12.7 Å². The van der Waals surface area contributed by atoms with E-state index in [-0.39, 0.29) is 4.32 Å². The fourth-order valence-corrected chi connectivity index (χ4v) is 1.07. The van der Waals surface area contributed by atoms with Crippen molar-refractivity contribution in [2.75, 3.05) is 26.2 Å². The van der Waals surface area contributed by atoms with Crippen molar-refractivity contribution in [3.8, 4) is 0 Å². The van der Waals surface area contributed by atoms with Gasteiger partial charge in [0.25, 0.3) is 0 Å². The quantitative estimate of drug-likeness (QED) is 0.587. The third kappa shape index (κ3) is 16.3. The summed E-state index contributed by atoms with van der Waals surface area (Å²) in [5.74, 6) is 0. The molecule has 7 heteroatoms. The highest BCUT2D eigenvalue weighted by Gasteiger charge is 2.25. The summed E-state index contributed by atoms with van der Waals surface area (Å²) in [6.45, 7) is 9.34. The van der Waals surface area contributed by atoms with Crippen molar-refractivity contribution in [2.24, 2.45) is 0 Å². The molecule has 0 fully saturated rings. The van der Waals surface area contributed by atoms with Gasteiger partial charge >= 0.3 is 6.18 Å². The van der Waals surface area contributed by atoms with E-state index >= 15 is 0 Å². The van der Waals surface area contributed by atoms with Crippen LogP contribution in [0.2, 0.25) is 0 Å². The Morgan fingerprint density at radius 3 is 1.62 bits per heavy atom. The van der Waals surface area contributed by atoms with Crippen LogP contribution in [0.5, 0.6) is 0 Å². The summed E-state index contributed by atoms with van der Waals surface area (Å²) in [4.78, 5) is 1.68. The molecule has 0 spiro atoms. The number of quaternary nitrogens is 1. The Morgan fingerprint density at radius 1 is 1.19 bits per heavy atom. The molecule has 0 saturated carbocycles. The fourth-order valence-electron chi connectivity index (χ4n) is 0.922. The normalized spacial score (nSPS) is 10.7. The van der Waals surface area contributed by atoms with E-state index in [9.17, 15) is 13.2 Å². The third-order valence-electron chi connectivity index (χ3n) is 1.93. The number of thiocarbonyl (C=S) groups is 1. The topological polar surface area (TPSA) is 16.5 Å². The molecule has 0 radical (unpaired) electrons. The number of hydrogen-bond donors (Lipinski definition) is 2. The van der Waals surface area contributed by atoms with Gasteiger partial charge in [-0.05, 0) is 20.8 Å². The summed E-state index contributed by atoms with van der Waals surface area (Å²) in [5, 5.41) is 1.81. The van der Waals surface area contributed by atoms with Gasteiger partial charge < -0.3 is 35.1 Å². The van der Waals surface area contributed by atoms with Gasteiger partial charge in [-0.3, -0.25) is 0 Å². The highest BCUT2D eigenvalue weighted by atomic mass is 32.1. The molecule has 0 aliphatic carbocycles. The lowest BCUT2D eigenvalue weighted by atomic mass is 10.5. The van der Waals surface area contributed by atoms with Gasteiger partial charge in [0.2, 0.25) is 0 Å². The summed E-state index contributed by atoms with van der Waals surface area (Å²) in [5.41, 5.74) is 0. The Labute approximate surface area is 106 Å². The van der Waals surface area contributed by atoms with Gasteiger partial charge in [0.15, 0.2) is 0 Å². The number of halogens is 3. The maximum absolute atomic E-state index is 11.2. The first-order valence-electron chi connectivity index (χ1n) is 5.11. The zero-order chi connectivity index (χ0) is 13.2. The van der Waals surface area contributed by atoms with Crippen LogP contribution in [0, 0.1) is 0 Å². The summed E-state index contributed by atoms with van der Waals surface area (Å²) >= 11 is 8.33. The van der Waals surface area contributed by atoms with Gasteiger partial charge in [0.05, 0.1) is 19.6 Å². The van der Waals surface area contributed by atoms with Crippen LogP contribution < -0.4 is 10.2 Å². The zero-order valence-electron chi connectivity index (χ0n) is 9.78. The molecular formula is C9H19F3N2S2. The highest BCUT2D eigenvalue weighted by molar-refractivity contribution is 8.00. The molecule has 0 atom stereocenters. The van der Waals surface area contributed by atoms with Crippen molar-refractivity contribution in [3.05, 3.63) is 0 Å². The Morgan fingerprint density at radius 2 is 1.56 bits per heavy atom. The molecule has 2 nitrogen and oxygen atoms in total. The third-order valence-corrected chi connectivity index (χ3v) is 2.22. The molecule has 16 heavy (non-hydrogen) atoms. The average molecular weight is 276 g/mol. The smallest absolute Gasteiger partial charge is 0.405 e. The molecule has 0 aromatic rings. The van der Waals surface area contributed by atoms with Crippen molar-refractivity contribution in [1.29, 1.82) is 0 Å². The molecule has 0 bridgehead atoms. The predicted octanol–water partition coefficient (Wildman–Crippen LogP) is 0.901. The van der Waals surface area contributed by atoms with Gasteiger partial charge in [-0.25, -0.2) is 0 Å². The van der Waals surface area contributed by atoms with Crippen molar-refractivity contribution >= 4 is 29.2 Å². The number of nitrogens with one attached hydrogen (secondary N) is 2. The van der Waals surface area contributed by atoms with Gasteiger partial charge in [-0.15, -0.1) is 0 Å². The van der Waals surface area contributed by atoms with Crippen molar-refractivity contribution in [1.82, 2.24) is 5.32 Å². The molecule has 98 valence electrons. The maximum Gasteiger partial charge on any atom is 0.405 e. The minimum absolute atomic E-state index is 0.257. The van der Waals surface area contributed by atoms with Gasteiger partial charge in [-0.2, -0.15) is 13.2 Å². The molecule has 0 aromatic carbocycles. The Hall–Kier alpha value is -0.140. The molecule has 0 aliphatic heterocycles. The summed E-state index contributed by atoms with van der Waals surface area (Å²) in [6.07, 6.45) is -4.23. The summed E-state index contributed by atoms with van der Waals surface area (Å²) < 4.78 is 33.5. The average Bonchev–Trinajstić information content (AvgIpc) is 2.18. The molecular weight excluding hydrogens is 257 g/mol. The van der Waals surface area contributed by atoms with Gasteiger partial charge in [0, 0.05) is 0 Å². The molecule has 0 rings (SSSR count). The van der Waals surface area contributed by atoms with Crippen LogP contribution in [-0.4, -0.2) is 36.7 Å². The monoisotopic (exact) mass is 276 g/mol. The minimum Gasteiger partial charge on any atom is -0.412 e. The first-order valence-corrected chi connectivity index (χ1v) is 5.93. The van der Waals surface area contributed by atoms with Crippen LogP contribution in [0.15, 0.2) is 0 Å². The van der Waals surface area contributed by atoms with E-state index in [1.54, 1.807) is 10.2 Å². The highest BCUT2D eigenvalue weighted by Crippen LogP contribution is 2.11. The largest absolute Gasteiger partial charge is 0.412 e. The first-order chi connectivity index (χ1) is 7.26. The van der Waals surface area contributed by atoms with E-state index in [2.05, 4.69) is 45.6 Å². The SMILES string of the molecule is CC[NH+](CC)CC.FC(F)(F)CNC(=S)[S-]. The molecule has 0 amide bonds. The van der Waals surface area contributed by atoms with E-state index in [1.807, 2.05) is 0 Å². The van der Waals surface area contributed by atoms with Crippen molar-refractivity contribution in [3.63, 3.8) is 0 Å². The number of rotatable bonds is 4. The lowest BCUT2D eigenvalue weighted by Gasteiger charge is -2.11. The van der Waals surface area contributed by atoms with Gasteiger partial charge in [-0.1, -0.05) is 4.32 Å². The zero-order valence-corrected chi connectivity index (χ0v) is 11.4. The van der Waals surface area contributed by atoms with Crippen LogP contribution in [0.3, 0.4) is 0 Å². The lowest BCUT2D eigenvalue weighted by Crippen LogP contribution is -3.11. The van der Waals surface area contributed by atoms with Crippen LogP contribution in [0.4, 0.5) is 13.2 Å². The summed E-state index contributed by atoms with van der Waals surface area (Å²) in [6, 6.07) is 0. The maximum atomic E-state index is 11.2. The van der Waals surface area contributed by atoms with E-state index in [4.69, 9.17) is 0 Å². The minimum atomic E-state index is -4.23. The summed E-state index contributed by atoms with van der Waals surface area (Å²) in [7, 11) is 0. The van der Waals surface area contributed by atoms with Crippen LogP contribution in [0.1, 0.15) is 20.8 Å². The number of hydrogen-bond acceptors (Lipinski definition) is 2. The van der Waals surface area contributed by atoms with Crippen LogP contribution >= 0.6 is 12.2 Å². The second kappa shape index (κ2) is 10.0. The molecule has 2 N–H and O–H groups in total. The molecule has 0 aromatic heterocycles. The van der Waals surface area contributed by atoms with E-state index in [0.29, 0.717) is 0 Å². The van der Waals surface area contributed by atoms with Crippen LogP contribution in [0.25, 0.3) is 0 Å². The Balaban J connectivity index is 0. The molecule has 0 unspecified atom stereocenters. The standard InChI is InChI=1S/C6H15N.C3H4F3NS2/c1-4-7(5-2)6-3;4-3(5,6)1-7-2(8)9/h4-6H2,1-3H3;1H2,(H2,7,8,9). The lowest BCUT2D eigenvalue weighted by molar-refractivity contribution is -0.894. The van der Waals surface area contributed by atoms with Crippen LogP contribution in [-0.2, 0) is 12.6 Å². The predicted molar refractivity (Wildman–Crippen MR) is 66.6 cm³/mol. The van der Waals surface area contributed by atoms with Gasteiger partial charge in [0.1, 0.15) is 6.54 Å². The second-order valence-electron chi connectivity index (χ2n) is 3.07. The van der Waals surface area contributed by atoms with Crippen molar-refractivity contribution in [2.45, 2.75) is 26.9 Å². The molecule has 0 saturated heterocycles. The molecule has 0 aliphatic rings.